The number of nitrogens with one attached hydrogen (secondary N) is 1. The summed E-state index contributed by atoms with van der Waals surface area (Å²) in [7, 11) is 1.87. The van der Waals surface area contributed by atoms with E-state index in [9.17, 15) is 14.5 Å². The van der Waals surface area contributed by atoms with Crippen LogP contribution in [0.5, 0.6) is 0 Å². The lowest BCUT2D eigenvalue weighted by Gasteiger charge is -2.32. The summed E-state index contributed by atoms with van der Waals surface area (Å²) in [6.07, 6.45) is 0.122. The molecule has 1 heterocycles. The minimum Gasteiger partial charge on any atom is -0.374 e. The lowest BCUT2D eigenvalue weighted by Crippen LogP contribution is -2.45. The molecule has 0 aromatic heterocycles. The van der Waals surface area contributed by atoms with Gasteiger partial charge in [-0.1, -0.05) is 6.07 Å². The van der Waals surface area contributed by atoms with Crippen LogP contribution in [0.2, 0.25) is 0 Å². The Morgan fingerprint density at radius 2 is 2.40 bits per heavy atom. The average molecular weight is 283 g/mol. The molecular formula is C13H18FN3O3. The first kappa shape index (κ1) is 14.8. The second kappa shape index (κ2) is 6.74. The van der Waals surface area contributed by atoms with Crippen molar-refractivity contribution in [2.75, 3.05) is 33.3 Å². The van der Waals surface area contributed by atoms with Gasteiger partial charge in [0.2, 0.25) is 5.82 Å². The van der Waals surface area contributed by atoms with Crippen LogP contribution in [0.4, 0.5) is 10.1 Å². The summed E-state index contributed by atoms with van der Waals surface area (Å²) in [5.41, 5.74) is 0.252. The molecule has 0 spiro atoms. The fraction of sp³-hybridized carbons (Fsp3) is 0.538. The molecule has 20 heavy (non-hydrogen) atoms. The number of nitro benzene ring substituents is 1. The molecule has 110 valence electrons. The van der Waals surface area contributed by atoms with Gasteiger partial charge < -0.3 is 10.1 Å². The second-order valence-corrected chi connectivity index (χ2v) is 4.83. The Morgan fingerprint density at radius 3 is 3.05 bits per heavy atom. The zero-order chi connectivity index (χ0) is 14.5. The standard InChI is InChI=1S/C13H18FN3O3/c1-15-7-11-9-16(4-5-20-11)8-10-2-3-13(17(18)19)12(14)6-10/h2-3,6,11,15H,4-5,7-9H2,1H3. The molecule has 1 aromatic rings. The van der Waals surface area contributed by atoms with E-state index in [2.05, 4.69) is 10.2 Å². The Labute approximate surface area is 116 Å². The Balaban J connectivity index is 1.99. The van der Waals surface area contributed by atoms with E-state index in [0.717, 1.165) is 25.2 Å². The van der Waals surface area contributed by atoms with Crippen molar-refractivity contribution in [2.45, 2.75) is 12.6 Å². The zero-order valence-electron chi connectivity index (χ0n) is 11.3. The van der Waals surface area contributed by atoms with Gasteiger partial charge in [0.1, 0.15) is 0 Å². The van der Waals surface area contributed by atoms with Crippen molar-refractivity contribution in [3.05, 3.63) is 39.7 Å². The van der Waals surface area contributed by atoms with Crippen LogP contribution in [0, 0.1) is 15.9 Å². The van der Waals surface area contributed by atoms with Crippen LogP contribution in [0.15, 0.2) is 18.2 Å². The maximum absolute atomic E-state index is 13.6. The Morgan fingerprint density at radius 1 is 1.60 bits per heavy atom. The summed E-state index contributed by atoms with van der Waals surface area (Å²) >= 11 is 0. The van der Waals surface area contributed by atoms with Gasteiger partial charge in [0.15, 0.2) is 0 Å². The molecule has 1 atom stereocenters. The number of nitro groups is 1. The van der Waals surface area contributed by atoms with Crippen LogP contribution < -0.4 is 5.32 Å². The van der Waals surface area contributed by atoms with Gasteiger partial charge in [0, 0.05) is 32.2 Å². The Kier molecular flexibility index (Phi) is 4.99. The largest absolute Gasteiger partial charge is 0.374 e. The molecule has 1 aromatic carbocycles. The summed E-state index contributed by atoms with van der Waals surface area (Å²) in [5, 5.41) is 13.6. The smallest absolute Gasteiger partial charge is 0.304 e. The van der Waals surface area contributed by atoms with Crippen molar-refractivity contribution < 1.29 is 14.1 Å². The topological polar surface area (TPSA) is 67.6 Å². The summed E-state index contributed by atoms with van der Waals surface area (Å²) in [6, 6.07) is 4.06. The van der Waals surface area contributed by atoms with Crippen molar-refractivity contribution >= 4 is 5.69 Å². The molecule has 0 amide bonds. The highest BCUT2D eigenvalue weighted by Crippen LogP contribution is 2.19. The number of nitrogens with zero attached hydrogens (tertiary/aromatic N) is 2. The number of hydrogen-bond acceptors (Lipinski definition) is 5. The molecule has 1 aliphatic rings. The van der Waals surface area contributed by atoms with Crippen molar-refractivity contribution in [3.63, 3.8) is 0 Å². The number of hydrogen-bond donors (Lipinski definition) is 1. The third-order valence-corrected chi connectivity index (χ3v) is 3.27. The van der Waals surface area contributed by atoms with Gasteiger partial charge in [-0.2, -0.15) is 4.39 Å². The molecule has 6 nitrogen and oxygen atoms in total. The predicted octanol–water partition coefficient (Wildman–Crippen LogP) is 1.15. The Bertz CT molecular complexity index is 482. The first-order valence-electron chi connectivity index (χ1n) is 6.51. The summed E-state index contributed by atoms with van der Waals surface area (Å²) in [4.78, 5) is 12.0. The lowest BCUT2D eigenvalue weighted by atomic mass is 10.1. The number of rotatable bonds is 5. The van der Waals surface area contributed by atoms with Crippen molar-refractivity contribution in [1.29, 1.82) is 0 Å². The molecule has 7 heteroatoms. The van der Waals surface area contributed by atoms with Gasteiger partial charge in [0.25, 0.3) is 0 Å². The lowest BCUT2D eigenvalue weighted by molar-refractivity contribution is -0.387. The van der Waals surface area contributed by atoms with Crippen molar-refractivity contribution in [2.24, 2.45) is 0 Å². The van der Waals surface area contributed by atoms with Gasteiger partial charge in [0.05, 0.1) is 17.6 Å². The first-order chi connectivity index (χ1) is 9.60. The van der Waals surface area contributed by atoms with Crippen LogP contribution in [0.25, 0.3) is 0 Å². The van der Waals surface area contributed by atoms with E-state index in [1.54, 1.807) is 6.07 Å². The quantitative estimate of drug-likeness (QED) is 0.648. The summed E-state index contributed by atoms with van der Waals surface area (Å²) in [5.74, 6) is -0.785. The second-order valence-electron chi connectivity index (χ2n) is 4.83. The van der Waals surface area contributed by atoms with E-state index in [1.165, 1.54) is 12.1 Å². The van der Waals surface area contributed by atoms with Crippen LogP contribution in [-0.4, -0.2) is 49.2 Å². The van der Waals surface area contributed by atoms with Crippen LogP contribution in [-0.2, 0) is 11.3 Å². The van der Waals surface area contributed by atoms with Gasteiger partial charge in [-0.15, -0.1) is 0 Å². The number of likely N-dealkylation sites (N-methyl/N-ethyl adjacent to an activating group) is 1. The molecule has 0 saturated carbocycles. The third kappa shape index (κ3) is 3.72. The molecule has 0 aliphatic carbocycles. The van der Waals surface area contributed by atoms with Crippen molar-refractivity contribution in [3.8, 4) is 0 Å². The highest BCUT2D eigenvalue weighted by atomic mass is 19.1. The van der Waals surface area contributed by atoms with E-state index >= 15 is 0 Å². The minimum absolute atomic E-state index is 0.122. The molecule has 1 N–H and O–H groups in total. The predicted molar refractivity (Wildman–Crippen MR) is 72.0 cm³/mol. The third-order valence-electron chi connectivity index (χ3n) is 3.27. The normalized spacial score (nSPS) is 20.0. The van der Waals surface area contributed by atoms with Gasteiger partial charge in [-0.3, -0.25) is 15.0 Å². The SMILES string of the molecule is CNCC1CN(Cc2ccc([N+](=O)[O-])c(F)c2)CCO1. The fourth-order valence-electron chi connectivity index (χ4n) is 2.33. The molecule has 0 bridgehead atoms. The van der Waals surface area contributed by atoms with Crippen molar-refractivity contribution in [1.82, 2.24) is 10.2 Å². The molecule has 0 radical (unpaired) electrons. The molecular weight excluding hydrogens is 265 g/mol. The highest BCUT2D eigenvalue weighted by Gasteiger charge is 2.21. The van der Waals surface area contributed by atoms with Gasteiger partial charge >= 0.3 is 5.69 Å². The first-order valence-corrected chi connectivity index (χ1v) is 6.51. The van der Waals surface area contributed by atoms with Gasteiger partial charge in [-0.25, -0.2) is 0 Å². The minimum atomic E-state index is -0.785. The Hall–Kier alpha value is -1.57. The zero-order valence-corrected chi connectivity index (χ0v) is 11.3. The molecule has 1 saturated heterocycles. The number of ether oxygens (including phenoxy) is 1. The summed E-state index contributed by atoms with van der Waals surface area (Å²) < 4.78 is 19.2. The number of benzene rings is 1. The van der Waals surface area contributed by atoms with Crippen LogP contribution in [0.3, 0.4) is 0 Å². The average Bonchev–Trinajstić information content (AvgIpc) is 2.39. The maximum atomic E-state index is 13.6. The van der Waals surface area contributed by atoms with E-state index in [0.29, 0.717) is 13.2 Å². The van der Waals surface area contributed by atoms with E-state index in [1.807, 2.05) is 7.05 Å². The monoisotopic (exact) mass is 283 g/mol. The van der Waals surface area contributed by atoms with E-state index in [4.69, 9.17) is 4.74 Å². The van der Waals surface area contributed by atoms with E-state index in [-0.39, 0.29) is 6.10 Å². The molecule has 2 rings (SSSR count). The molecule has 1 aliphatic heterocycles. The fourth-order valence-corrected chi connectivity index (χ4v) is 2.33. The number of halogens is 1. The molecule has 1 fully saturated rings. The maximum Gasteiger partial charge on any atom is 0.304 e. The molecule has 1 unspecified atom stereocenters. The van der Waals surface area contributed by atoms with Gasteiger partial charge in [-0.05, 0) is 18.7 Å². The van der Waals surface area contributed by atoms with Crippen LogP contribution >= 0.6 is 0 Å². The van der Waals surface area contributed by atoms with E-state index < -0.39 is 16.4 Å². The highest BCUT2D eigenvalue weighted by molar-refractivity contribution is 5.34. The summed E-state index contributed by atoms with van der Waals surface area (Å²) in [6.45, 7) is 3.52. The number of morpholine rings is 1. The van der Waals surface area contributed by atoms with Crippen LogP contribution in [0.1, 0.15) is 5.56 Å².